The van der Waals surface area contributed by atoms with E-state index in [0.717, 1.165) is 27.6 Å². The molecule has 1 heterocycles. The zero-order valence-electron chi connectivity index (χ0n) is 16.3. The number of nitrogens with zero attached hydrogens (tertiary/aromatic N) is 1. The van der Waals surface area contributed by atoms with Crippen LogP contribution in [0.3, 0.4) is 0 Å². The summed E-state index contributed by atoms with van der Waals surface area (Å²) >= 11 is 18.1. The van der Waals surface area contributed by atoms with E-state index in [4.69, 9.17) is 39.8 Å². The Hall–Kier alpha value is -2.59. The van der Waals surface area contributed by atoms with Crippen LogP contribution in [-0.2, 0) is 0 Å². The van der Waals surface area contributed by atoms with Crippen LogP contribution >= 0.6 is 34.8 Å². The van der Waals surface area contributed by atoms with Crippen molar-refractivity contribution in [2.45, 2.75) is 13.8 Å². The Morgan fingerprint density at radius 3 is 2.30 bits per heavy atom. The fourth-order valence-corrected chi connectivity index (χ4v) is 3.83. The molecule has 0 spiro atoms. The Morgan fingerprint density at radius 2 is 1.60 bits per heavy atom. The highest BCUT2D eigenvalue weighted by Gasteiger charge is 2.16. The highest BCUT2D eigenvalue weighted by atomic mass is 35.5. The molecular weight excluding hydrogens is 439 g/mol. The highest BCUT2D eigenvalue weighted by molar-refractivity contribution is 6.42. The molecular formula is C24H17Cl3N2O. The Labute approximate surface area is 189 Å². The molecule has 3 nitrogen and oxygen atoms in total. The van der Waals surface area contributed by atoms with E-state index in [0.29, 0.717) is 32.0 Å². The number of carbonyl (C=O) groups excluding carboxylic acids is 1. The van der Waals surface area contributed by atoms with Gasteiger partial charge in [-0.15, -0.1) is 0 Å². The molecule has 4 rings (SSSR count). The molecule has 0 unspecified atom stereocenters. The lowest BCUT2D eigenvalue weighted by Crippen LogP contribution is -2.13. The molecule has 150 valence electrons. The summed E-state index contributed by atoms with van der Waals surface area (Å²) in [6.07, 6.45) is 0. The number of halogens is 3. The van der Waals surface area contributed by atoms with Crippen LogP contribution < -0.4 is 5.32 Å². The average Bonchev–Trinajstić information content (AvgIpc) is 2.70. The normalized spacial score (nSPS) is 11.0. The second kappa shape index (κ2) is 8.27. The van der Waals surface area contributed by atoms with Gasteiger partial charge in [0.2, 0.25) is 0 Å². The first-order chi connectivity index (χ1) is 14.3. The number of anilines is 1. The molecule has 0 aliphatic carbocycles. The third-order valence-corrected chi connectivity index (χ3v) is 5.80. The molecule has 0 saturated carbocycles. The van der Waals surface area contributed by atoms with E-state index in [2.05, 4.69) is 11.4 Å². The van der Waals surface area contributed by atoms with Crippen molar-refractivity contribution in [1.82, 2.24) is 4.98 Å². The van der Waals surface area contributed by atoms with E-state index < -0.39 is 0 Å². The van der Waals surface area contributed by atoms with Crippen LogP contribution in [0.2, 0.25) is 15.1 Å². The number of nitrogens with one attached hydrogen (secondary N) is 1. The van der Waals surface area contributed by atoms with E-state index in [-0.39, 0.29) is 5.91 Å². The summed E-state index contributed by atoms with van der Waals surface area (Å²) in [6, 6.07) is 18.2. The molecule has 0 bridgehead atoms. The lowest BCUT2D eigenvalue weighted by Gasteiger charge is -2.13. The summed E-state index contributed by atoms with van der Waals surface area (Å²) in [6.45, 7) is 3.99. The minimum Gasteiger partial charge on any atom is -0.322 e. The fourth-order valence-electron chi connectivity index (χ4n) is 3.41. The molecule has 0 saturated heterocycles. The smallest absolute Gasteiger partial charge is 0.256 e. The zero-order valence-corrected chi connectivity index (χ0v) is 18.5. The Morgan fingerprint density at radius 1 is 0.867 bits per heavy atom. The van der Waals surface area contributed by atoms with Crippen molar-refractivity contribution < 1.29 is 4.79 Å². The minimum absolute atomic E-state index is 0.249. The summed E-state index contributed by atoms with van der Waals surface area (Å²) in [5, 5.41) is 5.16. The maximum atomic E-state index is 13.2. The fraction of sp³-hybridized carbons (Fsp3) is 0.0833. The van der Waals surface area contributed by atoms with Gasteiger partial charge < -0.3 is 5.32 Å². The van der Waals surface area contributed by atoms with Crippen molar-refractivity contribution in [3.05, 3.63) is 92.4 Å². The van der Waals surface area contributed by atoms with Crippen molar-refractivity contribution in [2.24, 2.45) is 0 Å². The van der Waals surface area contributed by atoms with Crippen LogP contribution in [0, 0.1) is 13.8 Å². The summed E-state index contributed by atoms with van der Waals surface area (Å²) in [4.78, 5) is 18.1. The van der Waals surface area contributed by atoms with Gasteiger partial charge in [-0.3, -0.25) is 4.79 Å². The number of hydrogen-bond acceptors (Lipinski definition) is 2. The summed E-state index contributed by atoms with van der Waals surface area (Å²) < 4.78 is 0. The first-order valence-corrected chi connectivity index (χ1v) is 10.4. The maximum Gasteiger partial charge on any atom is 0.256 e. The van der Waals surface area contributed by atoms with Gasteiger partial charge in [0.15, 0.2) is 0 Å². The predicted molar refractivity (Wildman–Crippen MR) is 126 cm³/mol. The van der Waals surface area contributed by atoms with Crippen LogP contribution in [0.5, 0.6) is 0 Å². The van der Waals surface area contributed by atoms with Crippen molar-refractivity contribution in [3.63, 3.8) is 0 Å². The number of aromatic nitrogens is 1. The number of amides is 1. The van der Waals surface area contributed by atoms with E-state index in [1.807, 2.05) is 32.0 Å². The van der Waals surface area contributed by atoms with Crippen LogP contribution in [0.15, 0.2) is 60.7 Å². The van der Waals surface area contributed by atoms with Crippen LogP contribution in [0.25, 0.3) is 22.2 Å². The van der Waals surface area contributed by atoms with Gasteiger partial charge in [-0.05, 0) is 61.9 Å². The van der Waals surface area contributed by atoms with Crippen molar-refractivity contribution in [1.29, 1.82) is 0 Å². The number of aryl methyl sites for hydroxylation is 2. The Kier molecular flexibility index (Phi) is 5.70. The molecule has 4 aromatic rings. The number of rotatable bonds is 3. The highest BCUT2D eigenvalue weighted by Crippen LogP contribution is 2.30. The predicted octanol–water partition coefficient (Wildman–Crippen LogP) is 7.73. The summed E-state index contributed by atoms with van der Waals surface area (Å²) in [7, 11) is 0. The Balaban J connectivity index is 1.86. The second-order valence-corrected chi connectivity index (χ2v) is 8.37. The topological polar surface area (TPSA) is 42.0 Å². The molecule has 1 amide bonds. The minimum atomic E-state index is -0.249. The number of hydrogen-bond donors (Lipinski definition) is 1. The quantitative estimate of drug-likeness (QED) is 0.343. The number of benzene rings is 3. The number of pyridine rings is 1. The van der Waals surface area contributed by atoms with Gasteiger partial charge in [0.25, 0.3) is 5.91 Å². The number of fused-ring (bicyclic) bond motifs is 1. The molecule has 3 aromatic carbocycles. The molecule has 0 aliphatic rings. The molecule has 0 radical (unpaired) electrons. The lowest BCUT2D eigenvalue weighted by molar-refractivity contribution is 0.102. The van der Waals surface area contributed by atoms with E-state index >= 15 is 0 Å². The molecule has 6 heteroatoms. The van der Waals surface area contributed by atoms with Gasteiger partial charge in [-0.2, -0.15) is 0 Å². The third-order valence-electron chi connectivity index (χ3n) is 4.81. The standard InChI is InChI=1S/C24H17Cl3N2O/c1-13-9-14(2)23-18(10-13)19(12-22(29-23)15-3-5-16(25)6-4-15)24(30)28-17-7-8-20(26)21(27)11-17/h3-12H,1-2H3,(H,28,30). The number of carbonyl (C=O) groups is 1. The molecule has 30 heavy (non-hydrogen) atoms. The van der Waals surface area contributed by atoms with Crippen molar-refractivity contribution >= 4 is 57.3 Å². The molecule has 0 fully saturated rings. The van der Waals surface area contributed by atoms with Crippen LogP contribution in [0.4, 0.5) is 5.69 Å². The largest absolute Gasteiger partial charge is 0.322 e. The second-order valence-electron chi connectivity index (χ2n) is 7.12. The van der Waals surface area contributed by atoms with E-state index in [9.17, 15) is 4.79 Å². The monoisotopic (exact) mass is 454 g/mol. The average molecular weight is 456 g/mol. The van der Waals surface area contributed by atoms with Crippen LogP contribution in [-0.4, -0.2) is 10.9 Å². The maximum absolute atomic E-state index is 13.2. The van der Waals surface area contributed by atoms with Crippen LogP contribution in [0.1, 0.15) is 21.5 Å². The zero-order chi connectivity index (χ0) is 21.4. The molecule has 1 N–H and O–H groups in total. The van der Waals surface area contributed by atoms with Gasteiger partial charge in [0.05, 0.1) is 26.8 Å². The van der Waals surface area contributed by atoms with Gasteiger partial charge in [-0.25, -0.2) is 4.98 Å². The molecule has 1 aromatic heterocycles. The molecule has 0 atom stereocenters. The summed E-state index contributed by atoms with van der Waals surface area (Å²) in [5.41, 5.74) is 5.52. The molecule has 0 aliphatic heterocycles. The third kappa shape index (κ3) is 4.15. The lowest BCUT2D eigenvalue weighted by atomic mass is 9.99. The van der Waals surface area contributed by atoms with Gasteiger partial charge in [-0.1, -0.05) is 58.6 Å². The van der Waals surface area contributed by atoms with Crippen molar-refractivity contribution in [2.75, 3.05) is 5.32 Å². The summed E-state index contributed by atoms with van der Waals surface area (Å²) in [5.74, 6) is -0.249. The van der Waals surface area contributed by atoms with Gasteiger partial charge in [0, 0.05) is 21.7 Å². The SMILES string of the molecule is Cc1cc(C)c2nc(-c3ccc(Cl)cc3)cc(C(=O)Nc3ccc(Cl)c(Cl)c3)c2c1. The van der Waals surface area contributed by atoms with Gasteiger partial charge in [0.1, 0.15) is 0 Å². The Bertz CT molecular complexity index is 1280. The van der Waals surface area contributed by atoms with Gasteiger partial charge >= 0.3 is 0 Å². The first kappa shape index (κ1) is 20.7. The van der Waals surface area contributed by atoms with E-state index in [1.54, 1.807) is 36.4 Å². The van der Waals surface area contributed by atoms with E-state index in [1.165, 1.54) is 0 Å². The van der Waals surface area contributed by atoms with Crippen molar-refractivity contribution in [3.8, 4) is 11.3 Å². The first-order valence-electron chi connectivity index (χ1n) is 9.26.